The predicted octanol–water partition coefficient (Wildman–Crippen LogP) is 3.94. The van der Waals surface area contributed by atoms with Gasteiger partial charge in [-0.1, -0.05) is 30.3 Å². The van der Waals surface area contributed by atoms with Gasteiger partial charge in [0.25, 0.3) is 0 Å². The second kappa shape index (κ2) is 9.84. The molecular weight excluding hydrogens is 362 g/mol. The standard InChI is InChI=1S/C19H19N5S2/c25-18(20-11-4-8-15-6-2-1-3-7-15)24-16-9-10-17(23-14-16)26-19-21-12-5-13-22-19/h1-3,5-7,9-10,12-14H,4,8,11H2,(H2,20,24,25). The lowest BCUT2D eigenvalue weighted by atomic mass is 10.1. The normalized spacial score (nSPS) is 10.3. The number of hydrogen-bond acceptors (Lipinski definition) is 5. The Hall–Kier alpha value is -2.51. The molecule has 0 atom stereocenters. The fraction of sp³-hybridized carbons (Fsp3) is 0.158. The van der Waals surface area contributed by atoms with Gasteiger partial charge < -0.3 is 10.6 Å². The first-order valence-corrected chi connectivity index (χ1v) is 9.52. The maximum absolute atomic E-state index is 5.33. The Labute approximate surface area is 162 Å². The van der Waals surface area contributed by atoms with Crippen LogP contribution in [0.5, 0.6) is 0 Å². The minimum atomic E-state index is 0.603. The molecule has 0 unspecified atom stereocenters. The highest BCUT2D eigenvalue weighted by atomic mass is 32.2. The Morgan fingerprint density at radius 1 is 0.962 bits per heavy atom. The lowest BCUT2D eigenvalue weighted by Crippen LogP contribution is -2.29. The Kier molecular flexibility index (Phi) is 6.92. The topological polar surface area (TPSA) is 62.7 Å². The zero-order valence-corrected chi connectivity index (χ0v) is 15.8. The number of pyridine rings is 1. The van der Waals surface area contributed by atoms with E-state index in [2.05, 4.69) is 49.9 Å². The van der Waals surface area contributed by atoms with Crippen LogP contribution in [0.15, 0.2) is 77.3 Å². The zero-order valence-electron chi connectivity index (χ0n) is 14.1. The molecule has 2 N–H and O–H groups in total. The smallest absolute Gasteiger partial charge is 0.193 e. The van der Waals surface area contributed by atoms with E-state index in [9.17, 15) is 0 Å². The maximum atomic E-state index is 5.33. The molecule has 0 spiro atoms. The van der Waals surface area contributed by atoms with Crippen LogP contribution in [0.1, 0.15) is 12.0 Å². The first-order valence-electron chi connectivity index (χ1n) is 8.29. The summed E-state index contributed by atoms with van der Waals surface area (Å²) in [7, 11) is 0. The summed E-state index contributed by atoms with van der Waals surface area (Å²) in [6.45, 7) is 0.827. The van der Waals surface area contributed by atoms with Gasteiger partial charge in [0.2, 0.25) is 0 Å². The molecule has 7 heteroatoms. The second-order valence-electron chi connectivity index (χ2n) is 5.49. The average Bonchev–Trinajstić information content (AvgIpc) is 2.68. The van der Waals surface area contributed by atoms with Crippen LogP contribution < -0.4 is 10.6 Å². The van der Waals surface area contributed by atoms with Crippen molar-refractivity contribution in [2.75, 3.05) is 11.9 Å². The van der Waals surface area contributed by atoms with Crippen molar-refractivity contribution in [2.45, 2.75) is 23.0 Å². The van der Waals surface area contributed by atoms with E-state index in [1.165, 1.54) is 17.3 Å². The first kappa shape index (κ1) is 18.3. The number of anilines is 1. The van der Waals surface area contributed by atoms with Gasteiger partial charge in [0.15, 0.2) is 10.3 Å². The van der Waals surface area contributed by atoms with E-state index >= 15 is 0 Å². The molecule has 0 saturated carbocycles. The van der Waals surface area contributed by atoms with Gasteiger partial charge in [-0.15, -0.1) is 0 Å². The third kappa shape index (κ3) is 6.09. The monoisotopic (exact) mass is 381 g/mol. The Bertz CT molecular complexity index is 810. The Balaban J connectivity index is 1.40. The van der Waals surface area contributed by atoms with E-state index in [1.54, 1.807) is 24.7 Å². The Morgan fingerprint density at radius 2 is 1.77 bits per heavy atom. The molecule has 0 aliphatic carbocycles. The number of rotatable bonds is 7. The molecule has 0 amide bonds. The van der Waals surface area contributed by atoms with E-state index < -0.39 is 0 Å². The van der Waals surface area contributed by atoms with Gasteiger partial charge in [-0.2, -0.15) is 0 Å². The highest BCUT2D eigenvalue weighted by molar-refractivity contribution is 7.99. The van der Waals surface area contributed by atoms with Crippen molar-refractivity contribution in [3.63, 3.8) is 0 Å². The summed E-state index contributed by atoms with van der Waals surface area (Å²) in [5.74, 6) is 0. The highest BCUT2D eigenvalue weighted by Crippen LogP contribution is 2.22. The molecule has 0 saturated heterocycles. The number of aromatic nitrogens is 3. The first-order chi connectivity index (χ1) is 12.8. The van der Waals surface area contributed by atoms with Gasteiger partial charge in [0.05, 0.1) is 11.9 Å². The van der Waals surface area contributed by atoms with Crippen LogP contribution in [0.25, 0.3) is 0 Å². The van der Waals surface area contributed by atoms with Crippen LogP contribution in [0, 0.1) is 0 Å². The minimum absolute atomic E-state index is 0.603. The molecule has 3 aromatic rings. The van der Waals surface area contributed by atoms with Crippen LogP contribution in [-0.4, -0.2) is 26.6 Å². The summed E-state index contributed by atoms with van der Waals surface area (Å²) in [4.78, 5) is 12.7. The number of aryl methyl sites for hydroxylation is 1. The lowest BCUT2D eigenvalue weighted by molar-refractivity contribution is 0.777. The molecule has 2 heterocycles. The molecule has 5 nitrogen and oxygen atoms in total. The van der Waals surface area contributed by atoms with Crippen LogP contribution >= 0.6 is 24.0 Å². The summed E-state index contributed by atoms with van der Waals surface area (Å²) in [5.41, 5.74) is 2.19. The summed E-state index contributed by atoms with van der Waals surface area (Å²) >= 11 is 6.75. The van der Waals surface area contributed by atoms with Crippen molar-refractivity contribution in [1.29, 1.82) is 0 Å². The van der Waals surface area contributed by atoms with Crippen molar-refractivity contribution in [3.05, 3.63) is 72.7 Å². The minimum Gasteiger partial charge on any atom is -0.362 e. The zero-order chi connectivity index (χ0) is 18.0. The van der Waals surface area contributed by atoms with E-state index in [4.69, 9.17) is 12.2 Å². The summed E-state index contributed by atoms with van der Waals surface area (Å²) < 4.78 is 0. The van der Waals surface area contributed by atoms with E-state index in [1.807, 2.05) is 18.2 Å². The molecule has 26 heavy (non-hydrogen) atoms. The third-order valence-electron chi connectivity index (χ3n) is 3.50. The number of hydrogen-bond donors (Lipinski definition) is 2. The fourth-order valence-corrected chi connectivity index (χ4v) is 3.14. The molecule has 2 aromatic heterocycles. The lowest BCUT2D eigenvalue weighted by Gasteiger charge is -2.10. The SMILES string of the molecule is S=C(NCCCc1ccccc1)Nc1ccc(Sc2ncccn2)nc1. The predicted molar refractivity (Wildman–Crippen MR) is 109 cm³/mol. The number of nitrogens with one attached hydrogen (secondary N) is 2. The molecular formula is C19H19N5S2. The quantitative estimate of drug-likeness (QED) is 0.365. The van der Waals surface area contributed by atoms with Gasteiger partial charge >= 0.3 is 0 Å². The molecule has 0 bridgehead atoms. The van der Waals surface area contributed by atoms with Crippen molar-refractivity contribution in [1.82, 2.24) is 20.3 Å². The fourth-order valence-electron chi connectivity index (χ4n) is 2.26. The number of thiocarbonyl (C=S) groups is 1. The van der Waals surface area contributed by atoms with Gasteiger partial charge in [0, 0.05) is 18.9 Å². The summed E-state index contributed by atoms with van der Waals surface area (Å²) in [5, 5.41) is 8.49. The maximum Gasteiger partial charge on any atom is 0.193 e. The van der Waals surface area contributed by atoms with Gasteiger partial charge in [0.1, 0.15) is 5.03 Å². The highest BCUT2D eigenvalue weighted by Gasteiger charge is 2.02. The summed E-state index contributed by atoms with van der Waals surface area (Å²) in [6.07, 6.45) is 7.24. The van der Waals surface area contributed by atoms with E-state index in [0.29, 0.717) is 10.3 Å². The van der Waals surface area contributed by atoms with Crippen molar-refractivity contribution < 1.29 is 0 Å². The van der Waals surface area contributed by atoms with Crippen molar-refractivity contribution in [2.24, 2.45) is 0 Å². The molecule has 3 rings (SSSR count). The molecule has 0 radical (unpaired) electrons. The Morgan fingerprint density at radius 3 is 2.50 bits per heavy atom. The average molecular weight is 382 g/mol. The summed E-state index contributed by atoms with van der Waals surface area (Å²) in [6, 6.07) is 16.1. The third-order valence-corrected chi connectivity index (χ3v) is 4.59. The molecule has 132 valence electrons. The second-order valence-corrected chi connectivity index (χ2v) is 6.88. The molecule has 0 aliphatic rings. The molecule has 0 aliphatic heterocycles. The van der Waals surface area contributed by atoms with Crippen LogP contribution in [0.3, 0.4) is 0 Å². The van der Waals surface area contributed by atoms with Crippen molar-refractivity contribution in [3.8, 4) is 0 Å². The largest absolute Gasteiger partial charge is 0.362 e. The van der Waals surface area contributed by atoms with Crippen LogP contribution in [-0.2, 0) is 6.42 Å². The van der Waals surface area contributed by atoms with Gasteiger partial charge in [-0.05, 0) is 60.6 Å². The van der Waals surface area contributed by atoms with E-state index in [0.717, 1.165) is 30.1 Å². The van der Waals surface area contributed by atoms with Crippen molar-refractivity contribution >= 4 is 34.8 Å². The van der Waals surface area contributed by atoms with Crippen LogP contribution in [0.2, 0.25) is 0 Å². The van der Waals surface area contributed by atoms with E-state index in [-0.39, 0.29) is 0 Å². The van der Waals surface area contributed by atoms with Gasteiger partial charge in [-0.25, -0.2) is 15.0 Å². The molecule has 1 aromatic carbocycles. The van der Waals surface area contributed by atoms with Gasteiger partial charge in [-0.3, -0.25) is 0 Å². The molecule has 0 fully saturated rings. The number of nitrogens with zero attached hydrogens (tertiary/aromatic N) is 3. The number of benzene rings is 1. The van der Waals surface area contributed by atoms with Crippen LogP contribution in [0.4, 0.5) is 5.69 Å².